The lowest BCUT2D eigenvalue weighted by molar-refractivity contribution is 0.0562. The number of anilines is 1. The molecule has 1 saturated heterocycles. The molecule has 2 fully saturated rings. The summed E-state index contributed by atoms with van der Waals surface area (Å²) in [7, 11) is 0. The van der Waals surface area contributed by atoms with Gasteiger partial charge in [-0.2, -0.15) is 0 Å². The van der Waals surface area contributed by atoms with Crippen molar-refractivity contribution in [3.05, 3.63) is 24.4 Å². The van der Waals surface area contributed by atoms with E-state index in [0.29, 0.717) is 12.1 Å². The molecule has 1 aromatic heterocycles. The van der Waals surface area contributed by atoms with Gasteiger partial charge in [-0.1, -0.05) is 6.07 Å². The number of pyridine rings is 1. The third-order valence-corrected chi connectivity index (χ3v) is 4.05. The maximum absolute atomic E-state index is 9.28. The van der Waals surface area contributed by atoms with Gasteiger partial charge in [-0.25, -0.2) is 4.98 Å². The minimum absolute atomic E-state index is 0.0592. The van der Waals surface area contributed by atoms with Crippen molar-refractivity contribution in [2.75, 3.05) is 18.0 Å². The van der Waals surface area contributed by atoms with E-state index in [-0.39, 0.29) is 6.10 Å². The van der Waals surface area contributed by atoms with E-state index in [2.05, 4.69) is 21.3 Å². The Kier molecular flexibility index (Phi) is 3.48. The summed E-state index contributed by atoms with van der Waals surface area (Å²) in [6.07, 6.45) is 6.00. The van der Waals surface area contributed by atoms with Crippen molar-refractivity contribution in [2.45, 2.75) is 43.9 Å². The van der Waals surface area contributed by atoms with E-state index in [9.17, 15) is 5.11 Å². The molecule has 2 aliphatic rings. The van der Waals surface area contributed by atoms with E-state index in [1.165, 1.54) is 12.8 Å². The second-order valence-electron chi connectivity index (χ2n) is 5.44. The number of aliphatic hydroxyl groups is 1. The van der Waals surface area contributed by atoms with Crippen molar-refractivity contribution in [1.29, 1.82) is 0 Å². The monoisotopic (exact) mass is 247 g/mol. The van der Waals surface area contributed by atoms with Crippen LogP contribution in [-0.2, 0) is 0 Å². The fourth-order valence-electron chi connectivity index (χ4n) is 2.87. The largest absolute Gasteiger partial charge is 0.393 e. The van der Waals surface area contributed by atoms with Gasteiger partial charge in [0.2, 0.25) is 0 Å². The van der Waals surface area contributed by atoms with Crippen LogP contribution in [0.5, 0.6) is 0 Å². The zero-order valence-electron chi connectivity index (χ0n) is 10.6. The Bertz CT molecular complexity index is 370. The van der Waals surface area contributed by atoms with Crippen LogP contribution in [0, 0.1) is 0 Å². The summed E-state index contributed by atoms with van der Waals surface area (Å²) >= 11 is 0. The first-order valence-corrected chi connectivity index (χ1v) is 6.91. The number of hydrogen-bond donors (Lipinski definition) is 2. The normalized spacial score (nSPS) is 29.1. The molecule has 0 atom stereocenters. The third kappa shape index (κ3) is 2.65. The molecule has 0 radical (unpaired) electrons. The van der Waals surface area contributed by atoms with Crippen LogP contribution in [0.15, 0.2) is 24.4 Å². The van der Waals surface area contributed by atoms with Crippen molar-refractivity contribution in [2.24, 2.45) is 0 Å². The molecule has 4 heteroatoms. The number of aromatic nitrogens is 1. The van der Waals surface area contributed by atoms with E-state index in [4.69, 9.17) is 0 Å². The second-order valence-corrected chi connectivity index (χ2v) is 5.44. The van der Waals surface area contributed by atoms with Gasteiger partial charge in [0.25, 0.3) is 0 Å². The Morgan fingerprint density at radius 1 is 1.17 bits per heavy atom. The van der Waals surface area contributed by atoms with Gasteiger partial charge in [0.05, 0.1) is 6.10 Å². The smallest absolute Gasteiger partial charge is 0.128 e. The minimum atomic E-state index is -0.0592. The number of nitrogens with one attached hydrogen (secondary N) is 1. The molecule has 0 bridgehead atoms. The van der Waals surface area contributed by atoms with Gasteiger partial charge in [0.1, 0.15) is 5.82 Å². The molecular formula is C14H21N3O. The molecule has 1 aliphatic carbocycles. The quantitative estimate of drug-likeness (QED) is 0.841. The van der Waals surface area contributed by atoms with Crippen molar-refractivity contribution in [3.63, 3.8) is 0 Å². The highest BCUT2D eigenvalue weighted by atomic mass is 16.3. The van der Waals surface area contributed by atoms with Crippen LogP contribution in [-0.4, -0.2) is 41.4 Å². The van der Waals surface area contributed by atoms with E-state index in [1.807, 2.05) is 18.3 Å². The first-order valence-electron chi connectivity index (χ1n) is 6.91. The minimum Gasteiger partial charge on any atom is -0.393 e. The van der Waals surface area contributed by atoms with Crippen LogP contribution in [0.3, 0.4) is 0 Å². The van der Waals surface area contributed by atoms with Crippen molar-refractivity contribution in [3.8, 4) is 0 Å². The molecule has 18 heavy (non-hydrogen) atoms. The van der Waals surface area contributed by atoms with Gasteiger partial charge in [0, 0.05) is 31.4 Å². The Morgan fingerprint density at radius 3 is 2.56 bits per heavy atom. The maximum atomic E-state index is 9.28. The molecule has 0 aromatic carbocycles. The predicted octanol–water partition coefficient (Wildman–Crippen LogP) is 1.16. The van der Waals surface area contributed by atoms with E-state index in [1.54, 1.807) is 0 Å². The van der Waals surface area contributed by atoms with E-state index in [0.717, 1.165) is 31.7 Å². The van der Waals surface area contributed by atoms with Crippen molar-refractivity contribution >= 4 is 5.82 Å². The predicted molar refractivity (Wildman–Crippen MR) is 71.6 cm³/mol. The maximum Gasteiger partial charge on any atom is 0.128 e. The Balaban J connectivity index is 1.46. The average Bonchev–Trinajstić information content (AvgIpc) is 2.39. The van der Waals surface area contributed by atoms with Crippen LogP contribution in [0.25, 0.3) is 0 Å². The zero-order chi connectivity index (χ0) is 12.4. The standard InChI is InChI=1S/C14H21N3O/c18-13-9-12(10-13)16-11-4-7-17(8-5-11)14-3-1-2-6-15-14/h1-3,6,11-13,16,18H,4-5,7-10H2. The van der Waals surface area contributed by atoms with Crippen LogP contribution in [0.1, 0.15) is 25.7 Å². The molecule has 0 unspecified atom stereocenters. The number of piperidine rings is 1. The lowest BCUT2D eigenvalue weighted by atomic mass is 9.88. The molecule has 1 aliphatic heterocycles. The molecule has 3 rings (SSSR count). The highest BCUT2D eigenvalue weighted by Gasteiger charge is 2.30. The number of hydrogen-bond acceptors (Lipinski definition) is 4. The van der Waals surface area contributed by atoms with Crippen LogP contribution in [0.2, 0.25) is 0 Å². The van der Waals surface area contributed by atoms with Crippen LogP contribution in [0.4, 0.5) is 5.82 Å². The lowest BCUT2D eigenvalue weighted by Gasteiger charge is -2.39. The molecule has 0 spiro atoms. The highest BCUT2D eigenvalue weighted by Crippen LogP contribution is 2.23. The molecule has 98 valence electrons. The summed E-state index contributed by atoms with van der Waals surface area (Å²) in [4.78, 5) is 6.75. The van der Waals surface area contributed by atoms with Gasteiger partial charge in [-0.15, -0.1) is 0 Å². The Morgan fingerprint density at radius 2 is 1.94 bits per heavy atom. The molecule has 4 nitrogen and oxygen atoms in total. The Hall–Kier alpha value is -1.13. The third-order valence-electron chi connectivity index (χ3n) is 4.05. The van der Waals surface area contributed by atoms with Crippen LogP contribution >= 0.6 is 0 Å². The Labute approximate surface area is 108 Å². The second kappa shape index (κ2) is 5.24. The zero-order valence-corrected chi connectivity index (χ0v) is 10.6. The number of aliphatic hydroxyl groups excluding tert-OH is 1. The van der Waals surface area contributed by atoms with Gasteiger partial charge < -0.3 is 15.3 Å². The fraction of sp³-hybridized carbons (Fsp3) is 0.643. The van der Waals surface area contributed by atoms with Crippen molar-refractivity contribution in [1.82, 2.24) is 10.3 Å². The van der Waals surface area contributed by atoms with E-state index < -0.39 is 0 Å². The summed E-state index contributed by atoms with van der Waals surface area (Å²) in [5, 5.41) is 12.9. The van der Waals surface area contributed by atoms with Crippen LogP contribution < -0.4 is 10.2 Å². The van der Waals surface area contributed by atoms with Gasteiger partial charge >= 0.3 is 0 Å². The summed E-state index contributed by atoms with van der Waals surface area (Å²) in [6.45, 7) is 2.15. The SMILES string of the molecule is OC1CC(NC2CCN(c3ccccn3)CC2)C1. The molecular weight excluding hydrogens is 226 g/mol. The summed E-state index contributed by atoms with van der Waals surface area (Å²) < 4.78 is 0. The van der Waals surface area contributed by atoms with Gasteiger partial charge in [-0.3, -0.25) is 0 Å². The van der Waals surface area contributed by atoms with E-state index >= 15 is 0 Å². The van der Waals surface area contributed by atoms with Gasteiger partial charge in [0.15, 0.2) is 0 Å². The number of rotatable bonds is 3. The number of nitrogens with zero attached hydrogens (tertiary/aromatic N) is 2. The lowest BCUT2D eigenvalue weighted by Crippen LogP contribution is -2.52. The van der Waals surface area contributed by atoms with Crippen molar-refractivity contribution < 1.29 is 5.11 Å². The van der Waals surface area contributed by atoms with Gasteiger partial charge in [-0.05, 0) is 37.8 Å². The highest BCUT2D eigenvalue weighted by molar-refractivity contribution is 5.38. The first kappa shape index (κ1) is 11.9. The molecule has 2 heterocycles. The summed E-state index contributed by atoms with van der Waals surface area (Å²) in [5.41, 5.74) is 0. The molecule has 0 amide bonds. The first-order chi connectivity index (χ1) is 8.81. The summed E-state index contributed by atoms with van der Waals surface area (Å²) in [5.74, 6) is 1.09. The summed E-state index contributed by atoms with van der Waals surface area (Å²) in [6, 6.07) is 7.24. The fourth-order valence-corrected chi connectivity index (χ4v) is 2.87. The molecule has 1 saturated carbocycles. The topological polar surface area (TPSA) is 48.4 Å². The molecule has 2 N–H and O–H groups in total. The molecule has 1 aromatic rings. The average molecular weight is 247 g/mol.